The molecule has 0 bridgehead atoms. The SMILES string of the molecule is CC[C@H](N)Cc1c(C)cc(C(C)(C)C)cc1C. The molecule has 1 atom stereocenters. The lowest BCUT2D eigenvalue weighted by Crippen LogP contribution is -2.23. The van der Waals surface area contributed by atoms with Gasteiger partial charge in [0.2, 0.25) is 0 Å². The van der Waals surface area contributed by atoms with Crippen LogP contribution in [0, 0.1) is 13.8 Å². The summed E-state index contributed by atoms with van der Waals surface area (Å²) >= 11 is 0. The number of hydrogen-bond acceptors (Lipinski definition) is 1. The first-order valence-corrected chi connectivity index (χ1v) is 6.62. The Kier molecular flexibility index (Phi) is 4.37. The first-order chi connectivity index (χ1) is 7.75. The molecule has 0 radical (unpaired) electrons. The van der Waals surface area contributed by atoms with E-state index in [-0.39, 0.29) is 11.5 Å². The van der Waals surface area contributed by atoms with Gasteiger partial charge in [-0.15, -0.1) is 0 Å². The van der Waals surface area contributed by atoms with Gasteiger partial charge in [0.15, 0.2) is 0 Å². The van der Waals surface area contributed by atoms with E-state index in [0.717, 1.165) is 12.8 Å². The normalized spacial score (nSPS) is 13.8. The van der Waals surface area contributed by atoms with E-state index < -0.39 is 0 Å². The maximum Gasteiger partial charge on any atom is 0.00768 e. The molecule has 1 aromatic rings. The Hall–Kier alpha value is -0.820. The molecular formula is C16H27N. The molecule has 1 heteroatoms. The molecule has 0 aromatic heterocycles. The Bertz CT molecular complexity index is 362. The minimum absolute atomic E-state index is 0.223. The zero-order valence-corrected chi connectivity index (χ0v) is 12.2. The van der Waals surface area contributed by atoms with Crippen LogP contribution in [0.15, 0.2) is 12.1 Å². The zero-order valence-electron chi connectivity index (χ0n) is 12.2. The molecule has 1 nitrogen and oxygen atoms in total. The fraction of sp³-hybridized carbons (Fsp3) is 0.625. The van der Waals surface area contributed by atoms with Crippen molar-refractivity contribution in [3.63, 3.8) is 0 Å². The van der Waals surface area contributed by atoms with Crippen LogP contribution in [0.4, 0.5) is 0 Å². The van der Waals surface area contributed by atoms with Crippen LogP contribution in [-0.2, 0) is 11.8 Å². The van der Waals surface area contributed by atoms with Crippen molar-refractivity contribution in [1.82, 2.24) is 0 Å². The van der Waals surface area contributed by atoms with Crippen LogP contribution in [-0.4, -0.2) is 6.04 Å². The first-order valence-electron chi connectivity index (χ1n) is 6.62. The van der Waals surface area contributed by atoms with Gasteiger partial charge in [-0.3, -0.25) is 0 Å². The second-order valence-electron chi connectivity index (χ2n) is 6.21. The number of hydrogen-bond donors (Lipinski definition) is 1. The van der Waals surface area contributed by atoms with Crippen molar-refractivity contribution >= 4 is 0 Å². The van der Waals surface area contributed by atoms with Gasteiger partial charge in [0, 0.05) is 6.04 Å². The molecule has 0 amide bonds. The maximum atomic E-state index is 6.07. The summed E-state index contributed by atoms with van der Waals surface area (Å²) in [6, 6.07) is 4.93. The fourth-order valence-corrected chi connectivity index (χ4v) is 2.15. The van der Waals surface area contributed by atoms with Gasteiger partial charge in [-0.25, -0.2) is 0 Å². The third-order valence-corrected chi connectivity index (χ3v) is 3.55. The minimum Gasteiger partial charge on any atom is -0.327 e. The van der Waals surface area contributed by atoms with Crippen molar-refractivity contribution in [2.75, 3.05) is 0 Å². The number of aryl methyl sites for hydroxylation is 2. The number of benzene rings is 1. The van der Waals surface area contributed by atoms with E-state index in [1.165, 1.54) is 22.3 Å². The largest absolute Gasteiger partial charge is 0.327 e. The highest BCUT2D eigenvalue weighted by Gasteiger charge is 2.16. The molecule has 0 saturated carbocycles. The van der Waals surface area contributed by atoms with Gasteiger partial charge >= 0.3 is 0 Å². The third-order valence-electron chi connectivity index (χ3n) is 3.55. The van der Waals surface area contributed by atoms with E-state index in [0.29, 0.717) is 0 Å². The van der Waals surface area contributed by atoms with E-state index in [2.05, 4.69) is 53.7 Å². The van der Waals surface area contributed by atoms with Crippen molar-refractivity contribution in [3.8, 4) is 0 Å². The van der Waals surface area contributed by atoms with Crippen molar-refractivity contribution in [2.24, 2.45) is 5.73 Å². The first kappa shape index (κ1) is 14.2. The molecule has 0 spiro atoms. The molecule has 0 saturated heterocycles. The Morgan fingerprint density at radius 3 is 1.94 bits per heavy atom. The highest BCUT2D eigenvalue weighted by Crippen LogP contribution is 2.27. The monoisotopic (exact) mass is 233 g/mol. The van der Waals surface area contributed by atoms with Gasteiger partial charge in [0.1, 0.15) is 0 Å². The summed E-state index contributed by atoms with van der Waals surface area (Å²) in [6.45, 7) is 13.4. The van der Waals surface area contributed by atoms with Crippen LogP contribution >= 0.6 is 0 Å². The molecular weight excluding hydrogens is 206 g/mol. The van der Waals surface area contributed by atoms with E-state index >= 15 is 0 Å². The summed E-state index contributed by atoms with van der Waals surface area (Å²) in [5.41, 5.74) is 11.9. The van der Waals surface area contributed by atoms with Crippen molar-refractivity contribution in [3.05, 3.63) is 34.4 Å². The van der Waals surface area contributed by atoms with Crippen LogP contribution in [0.25, 0.3) is 0 Å². The molecule has 96 valence electrons. The average Bonchev–Trinajstić information content (AvgIpc) is 2.21. The third kappa shape index (κ3) is 3.57. The van der Waals surface area contributed by atoms with Gasteiger partial charge < -0.3 is 5.73 Å². The van der Waals surface area contributed by atoms with E-state index in [4.69, 9.17) is 5.73 Å². The lowest BCUT2D eigenvalue weighted by molar-refractivity contribution is 0.587. The lowest BCUT2D eigenvalue weighted by Gasteiger charge is -2.23. The van der Waals surface area contributed by atoms with Gasteiger partial charge in [0.25, 0.3) is 0 Å². The molecule has 1 aromatic carbocycles. The molecule has 17 heavy (non-hydrogen) atoms. The van der Waals surface area contributed by atoms with Crippen LogP contribution in [0.3, 0.4) is 0 Å². The summed E-state index contributed by atoms with van der Waals surface area (Å²) in [4.78, 5) is 0. The average molecular weight is 233 g/mol. The topological polar surface area (TPSA) is 26.0 Å². The molecule has 0 heterocycles. The van der Waals surface area contributed by atoms with E-state index in [1.54, 1.807) is 0 Å². The summed E-state index contributed by atoms with van der Waals surface area (Å²) in [5, 5.41) is 0. The Balaban J connectivity index is 3.11. The molecule has 0 fully saturated rings. The fourth-order valence-electron chi connectivity index (χ4n) is 2.15. The van der Waals surface area contributed by atoms with Crippen molar-refractivity contribution in [1.29, 1.82) is 0 Å². The van der Waals surface area contributed by atoms with E-state index in [9.17, 15) is 0 Å². The number of rotatable bonds is 3. The van der Waals surface area contributed by atoms with Crippen LogP contribution in [0.5, 0.6) is 0 Å². The standard InChI is InChI=1S/C16H27N/c1-7-14(17)10-15-11(2)8-13(9-12(15)3)16(4,5)6/h8-9,14H,7,10,17H2,1-6H3/t14-/m0/s1. The molecule has 1 rings (SSSR count). The summed E-state index contributed by atoms with van der Waals surface area (Å²) < 4.78 is 0. The zero-order chi connectivity index (χ0) is 13.2. The van der Waals surface area contributed by atoms with Gasteiger partial charge in [-0.2, -0.15) is 0 Å². The highest BCUT2D eigenvalue weighted by atomic mass is 14.6. The number of nitrogens with two attached hydrogens (primary N) is 1. The van der Waals surface area contributed by atoms with Crippen molar-refractivity contribution < 1.29 is 0 Å². The van der Waals surface area contributed by atoms with Gasteiger partial charge in [0.05, 0.1) is 0 Å². The van der Waals surface area contributed by atoms with Gasteiger partial charge in [-0.05, 0) is 54.4 Å². The molecule has 0 aliphatic carbocycles. The maximum absolute atomic E-state index is 6.07. The summed E-state index contributed by atoms with van der Waals surface area (Å²) in [5.74, 6) is 0. The highest BCUT2D eigenvalue weighted by molar-refractivity contribution is 5.40. The van der Waals surface area contributed by atoms with Crippen LogP contribution < -0.4 is 5.73 Å². The van der Waals surface area contributed by atoms with Gasteiger partial charge in [-0.1, -0.05) is 39.8 Å². The van der Waals surface area contributed by atoms with E-state index in [1.807, 2.05) is 0 Å². The Labute approximate surface area is 106 Å². The predicted octanol–water partition coefficient (Wildman–Crippen LogP) is 3.88. The summed E-state index contributed by atoms with van der Waals surface area (Å²) in [6.07, 6.45) is 2.04. The smallest absolute Gasteiger partial charge is 0.00768 e. The molecule has 0 aliphatic heterocycles. The quantitative estimate of drug-likeness (QED) is 0.842. The lowest BCUT2D eigenvalue weighted by atomic mass is 9.83. The molecule has 0 unspecified atom stereocenters. The Morgan fingerprint density at radius 2 is 1.59 bits per heavy atom. The summed E-state index contributed by atoms with van der Waals surface area (Å²) in [7, 11) is 0. The molecule has 0 aliphatic rings. The second kappa shape index (κ2) is 5.22. The minimum atomic E-state index is 0.223. The van der Waals surface area contributed by atoms with Crippen LogP contribution in [0.1, 0.15) is 56.4 Å². The molecule has 2 N–H and O–H groups in total. The second-order valence-corrected chi connectivity index (χ2v) is 6.21. The van der Waals surface area contributed by atoms with Crippen LogP contribution in [0.2, 0.25) is 0 Å². The Morgan fingerprint density at radius 1 is 1.12 bits per heavy atom. The predicted molar refractivity (Wildman–Crippen MR) is 76.6 cm³/mol. The van der Waals surface area contributed by atoms with Crippen molar-refractivity contribution in [2.45, 2.75) is 65.8 Å².